The predicted octanol–water partition coefficient (Wildman–Crippen LogP) is 2.53. The van der Waals surface area contributed by atoms with Crippen molar-refractivity contribution in [2.75, 3.05) is 10.8 Å². The second-order valence-electron chi connectivity index (χ2n) is 2.69. The van der Waals surface area contributed by atoms with Crippen LogP contribution in [0, 0.1) is 0 Å². The Bertz CT molecular complexity index is 379. The van der Waals surface area contributed by atoms with Gasteiger partial charge in [0.05, 0.1) is 5.69 Å². The Balaban J connectivity index is 2.85. The summed E-state index contributed by atoms with van der Waals surface area (Å²) in [6.45, 7) is 1.61. The predicted molar refractivity (Wildman–Crippen MR) is 62.5 cm³/mol. The Kier molecular flexibility index (Phi) is 4.44. The smallest absolute Gasteiger partial charge is 0.280 e. The number of hydroxylamine groups is 1. The molecule has 1 rings (SSSR count). The monoisotopic (exact) mass is 291 g/mol. The number of rotatable bonds is 2. The Morgan fingerprint density at radius 3 is 2.47 bits per heavy atom. The Labute approximate surface area is 98.4 Å². The van der Waals surface area contributed by atoms with Gasteiger partial charge in [0.1, 0.15) is 10.8 Å². The van der Waals surface area contributed by atoms with E-state index in [1.165, 1.54) is 0 Å². The van der Waals surface area contributed by atoms with Crippen molar-refractivity contribution >= 4 is 37.7 Å². The minimum absolute atomic E-state index is 0.187. The topological polar surface area (TPSA) is 57.6 Å². The van der Waals surface area contributed by atoms with Gasteiger partial charge in [-0.2, -0.15) is 5.06 Å². The molecule has 0 saturated heterocycles. The third-order valence-electron chi connectivity index (χ3n) is 1.70. The molecule has 0 fully saturated rings. The number of hydrogen-bond acceptors (Lipinski definition) is 3. The number of halogens is 1. The highest BCUT2D eigenvalue weighted by atomic mass is 79.9. The molecule has 82 valence electrons. The number of benzene rings is 1. The maximum Gasteiger partial charge on any atom is 0.340 e. The fourth-order valence-corrected chi connectivity index (χ4v) is 1.72. The standard InChI is InChI=1S/C9H10BrNO3S/c1-2-15(14)9(12)11(13)8-5-3-7(10)4-6-8/h3-6,13H,2H2,1H3. The second kappa shape index (κ2) is 5.39. The first-order valence-corrected chi connectivity index (χ1v) is 6.34. The maximum absolute atomic E-state index is 11.3. The highest BCUT2D eigenvalue weighted by molar-refractivity contribution is 9.10. The van der Waals surface area contributed by atoms with Crippen LogP contribution in [-0.4, -0.2) is 20.4 Å². The summed E-state index contributed by atoms with van der Waals surface area (Å²) in [7, 11) is -1.68. The van der Waals surface area contributed by atoms with Crippen LogP contribution in [0.1, 0.15) is 6.92 Å². The summed E-state index contributed by atoms with van der Waals surface area (Å²) < 4.78 is 12.0. The van der Waals surface area contributed by atoms with Crippen LogP contribution in [0.2, 0.25) is 0 Å². The molecule has 0 aliphatic rings. The van der Waals surface area contributed by atoms with Gasteiger partial charge in [0.25, 0.3) is 0 Å². The van der Waals surface area contributed by atoms with E-state index in [0.717, 1.165) is 4.47 Å². The lowest BCUT2D eigenvalue weighted by atomic mass is 10.3. The Hall–Kier alpha value is -0.720. The van der Waals surface area contributed by atoms with E-state index >= 15 is 0 Å². The van der Waals surface area contributed by atoms with E-state index in [1.807, 2.05) is 0 Å². The molecular weight excluding hydrogens is 282 g/mol. The SMILES string of the molecule is CCS(=O)C(=O)N(O)c1ccc(Br)cc1. The average Bonchev–Trinajstić information content (AvgIpc) is 2.27. The Morgan fingerprint density at radius 1 is 1.47 bits per heavy atom. The first-order chi connectivity index (χ1) is 7.06. The van der Waals surface area contributed by atoms with E-state index in [9.17, 15) is 14.2 Å². The van der Waals surface area contributed by atoms with Gasteiger partial charge in [0.2, 0.25) is 0 Å². The lowest BCUT2D eigenvalue weighted by Gasteiger charge is -2.13. The molecule has 1 amide bonds. The number of anilines is 1. The molecular formula is C9H10BrNO3S. The van der Waals surface area contributed by atoms with Gasteiger partial charge in [-0.3, -0.25) is 10.0 Å². The molecule has 15 heavy (non-hydrogen) atoms. The van der Waals surface area contributed by atoms with Gasteiger partial charge in [0, 0.05) is 10.2 Å². The van der Waals surface area contributed by atoms with Crippen LogP contribution in [0.3, 0.4) is 0 Å². The zero-order valence-electron chi connectivity index (χ0n) is 8.01. The van der Waals surface area contributed by atoms with Crippen molar-refractivity contribution in [2.45, 2.75) is 6.92 Å². The van der Waals surface area contributed by atoms with E-state index in [1.54, 1.807) is 31.2 Å². The van der Waals surface area contributed by atoms with Gasteiger partial charge < -0.3 is 0 Å². The molecule has 4 nitrogen and oxygen atoms in total. The fourth-order valence-electron chi connectivity index (χ4n) is 0.908. The molecule has 0 bridgehead atoms. The van der Waals surface area contributed by atoms with Crippen LogP contribution in [0.4, 0.5) is 10.5 Å². The zero-order valence-corrected chi connectivity index (χ0v) is 10.4. The molecule has 0 radical (unpaired) electrons. The van der Waals surface area contributed by atoms with Gasteiger partial charge in [-0.1, -0.05) is 22.9 Å². The first-order valence-electron chi connectivity index (χ1n) is 4.23. The summed E-state index contributed by atoms with van der Waals surface area (Å²) in [5, 5.41) is 9.06. The van der Waals surface area contributed by atoms with Crippen LogP contribution in [0.15, 0.2) is 28.7 Å². The van der Waals surface area contributed by atoms with Crippen molar-refractivity contribution < 1.29 is 14.2 Å². The van der Waals surface area contributed by atoms with E-state index in [0.29, 0.717) is 10.8 Å². The van der Waals surface area contributed by atoms with Crippen LogP contribution < -0.4 is 5.06 Å². The maximum atomic E-state index is 11.3. The van der Waals surface area contributed by atoms with Crippen LogP contribution in [0.25, 0.3) is 0 Å². The van der Waals surface area contributed by atoms with E-state index in [-0.39, 0.29) is 5.75 Å². The summed E-state index contributed by atoms with van der Waals surface area (Å²) in [6, 6.07) is 6.46. The number of amides is 1. The first kappa shape index (κ1) is 12.4. The van der Waals surface area contributed by atoms with E-state index in [2.05, 4.69) is 15.9 Å². The van der Waals surface area contributed by atoms with Crippen molar-refractivity contribution in [3.05, 3.63) is 28.7 Å². The van der Waals surface area contributed by atoms with Crippen molar-refractivity contribution in [3.63, 3.8) is 0 Å². The molecule has 1 unspecified atom stereocenters. The number of nitrogens with zero attached hydrogens (tertiary/aromatic N) is 1. The summed E-state index contributed by atoms with van der Waals surface area (Å²) in [4.78, 5) is 11.3. The quantitative estimate of drug-likeness (QED) is 0.673. The molecule has 6 heteroatoms. The zero-order chi connectivity index (χ0) is 11.4. The van der Waals surface area contributed by atoms with E-state index in [4.69, 9.17) is 0 Å². The minimum atomic E-state index is -1.68. The lowest BCUT2D eigenvalue weighted by Crippen LogP contribution is -2.29. The van der Waals surface area contributed by atoms with Gasteiger partial charge in [-0.05, 0) is 24.3 Å². The minimum Gasteiger partial charge on any atom is -0.280 e. The molecule has 0 saturated carbocycles. The number of hydrogen-bond donors (Lipinski definition) is 1. The van der Waals surface area contributed by atoms with Crippen LogP contribution in [-0.2, 0) is 10.8 Å². The third kappa shape index (κ3) is 3.12. The second-order valence-corrected chi connectivity index (χ2v) is 5.22. The molecule has 0 aliphatic carbocycles. The average molecular weight is 292 g/mol. The summed E-state index contributed by atoms with van der Waals surface area (Å²) in [5.74, 6) is 0.187. The van der Waals surface area contributed by atoms with Gasteiger partial charge in [-0.25, -0.2) is 4.21 Å². The highest BCUT2D eigenvalue weighted by Crippen LogP contribution is 2.18. The Morgan fingerprint density at radius 2 is 2.00 bits per heavy atom. The molecule has 0 heterocycles. The summed E-state index contributed by atoms with van der Waals surface area (Å²) in [5.41, 5.74) is 0.296. The highest BCUT2D eigenvalue weighted by Gasteiger charge is 2.18. The third-order valence-corrected chi connectivity index (χ3v) is 3.32. The van der Waals surface area contributed by atoms with Crippen molar-refractivity contribution in [2.24, 2.45) is 0 Å². The van der Waals surface area contributed by atoms with Gasteiger partial charge in [0.15, 0.2) is 0 Å². The lowest BCUT2D eigenvalue weighted by molar-refractivity contribution is 0.224. The summed E-state index contributed by atoms with van der Waals surface area (Å²) >= 11 is 3.23. The van der Waals surface area contributed by atoms with Crippen LogP contribution >= 0.6 is 15.9 Å². The largest absolute Gasteiger partial charge is 0.340 e. The molecule has 1 N–H and O–H groups in total. The van der Waals surface area contributed by atoms with Crippen molar-refractivity contribution in [1.29, 1.82) is 0 Å². The normalized spacial score (nSPS) is 12.2. The van der Waals surface area contributed by atoms with Gasteiger partial charge in [-0.15, -0.1) is 0 Å². The molecule has 1 aromatic rings. The molecule has 0 aliphatic heterocycles. The van der Waals surface area contributed by atoms with Crippen molar-refractivity contribution in [1.82, 2.24) is 0 Å². The number of carbonyl (C=O) groups is 1. The number of carbonyl (C=O) groups excluding carboxylic acids is 1. The molecule has 1 atom stereocenters. The van der Waals surface area contributed by atoms with E-state index < -0.39 is 16.0 Å². The molecule has 0 spiro atoms. The van der Waals surface area contributed by atoms with Crippen molar-refractivity contribution in [3.8, 4) is 0 Å². The fraction of sp³-hybridized carbons (Fsp3) is 0.222. The van der Waals surface area contributed by atoms with Gasteiger partial charge >= 0.3 is 5.24 Å². The molecule has 0 aromatic heterocycles. The molecule has 1 aromatic carbocycles. The van der Waals surface area contributed by atoms with Crippen LogP contribution in [0.5, 0.6) is 0 Å². The summed E-state index contributed by atoms with van der Waals surface area (Å²) in [6.07, 6.45) is 0.